The molecule has 1 amide bonds. The Kier molecular flexibility index (Phi) is 4.54. The van der Waals surface area contributed by atoms with Gasteiger partial charge in [0.2, 0.25) is 5.91 Å². The van der Waals surface area contributed by atoms with Crippen LogP contribution in [0.3, 0.4) is 0 Å². The summed E-state index contributed by atoms with van der Waals surface area (Å²) in [6, 6.07) is 11.2. The molecule has 21 heavy (non-hydrogen) atoms. The Bertz CT molecular complexity index is 695. The van der Waals surface area contributed by atoms with Crippen LogP contribution in [0.1, 0.15) is 12.5 Å². The van der Waals surface area contributed by atoms with Crippen molar-refractivity contribution in [3.05, 3.63) is 63.3 Å². The first-order chi connectivity index (χ1) is 9.84. The number of hydrogen-bond acceptors (Lipinski definition) is 2. The van der Waals surface area contributed by atoms with Crippen LogP contribution in [0.2, 0.25) is 5.02 Å². The fourth-order valence-corrected chi connectivity index (χ4v) is 2.52. The third-order valence-electron chi connectivity index (χ3n) is 3.22. The van der Waals surface area contributed by atoms with Gasteiger partial charge in [-0.3, -0.25) is 4.79 Å². The normalized spacial score (nSPS) is 13.5. The summed E-state index contributed by atoms with van der Waals surface area (Å²) >= 11 is 9.34. The Labute approximate surface area is 135 Å². The quantitative estimate of drug-likeness (QED) is 0.852. The van der Waals surface area contributed by atoms with Crippen LogP contribution in [0.4, 0.5) is 10.1 Å². The number of anilines is 1. The van der Waals surface area contributed by atoms with Crippen LogP contribution in [0.5, 0.6) is 0 Å². The van der Waals surface area contributed by atoms with E-state index in [0.29, 0.717) is 15.2 Å². The summed E-state index contributed by atoms with van der Waals surface area (Å²) in [5, 5.41) is 3.36. The molecule has 0 bridgehead atoms. The highest BCUT2D eigenvalue weighted by atomic mass is 79.9. The third-order valence-corrected chi connectivity index (χ3v) is 4.04. The van der Waals surface area contributed by atoms with Gasteiger partial charge in [0, 0.05) is 10.0 Å². The first kappa shape index (κ1) is 15.8. The molecule has 2 rings (SSSR count). The van der Waals surface area contributed by atoms with Gasteiger partial charge in [0.25, 0.3) is 0 Å². The van der Waals surface area contributed by atoms with Crippen LogP contribution >= 0.6 is 27.5 Å². The molecule has 0 aliphatic heterocycles. The van der Waals surface area contributed by atoms with Crippen molar-refractivity contribution < 1.29 is 9.18 Å². The third kappa shape index (κ3) is 3.19. The number of halogens is 3. The van der Waals surface area contributed by atoms with Gasteiger partial charge < -0.3 is 11.1 Å². The monoisotopic (exact) mass is 370 g/mol. The summed E-state index contributed by atoms with van der Waals surface area (Å²) in [7, 11) is 0. The van der Waals surface area contributed by atoms with Crippen molar-refractivity contribution in [3.63, 3.8) is 0 Å². The highest BCUT2D eigenvalue weighted by molar-refractivity contribution is 9.10. The van der Waals surface area contributed by atoms with Gasteiger partial charge in [0.15, 0.2) is 0 Å². The van der Waals surface area contributed by atoms with Crippen molar-refractivity contribution in [2.24, 2.45) is 5.73 Å². The number of nitrogens with two attached hydrogens (primary N) is 1. The van der Waals surface area contributed by atoms with E-state index in [0.717, 1.165) is 0 Å². The topological polar surface area (TPSA) is 55.1 Å². The predicted octanol–water partition coefficient (Wildman–Crippen LogP) is 4.05. The van der Waals surface area contributed by atoms with Crippen LogP contribution in [-0.4, -0.2) is 5.91 Å². The molecule has 1 unspecified atom stereocenters. The molecule has 0 fully saturated rings. The Morgan fingerprint density at radius 1 is 1.33 bits per heavy atom. The zero-order chi connectivity index (χ0) is 15.6. The maximum atomic E-state index is 14.1. The summed E-state index contributed by atoms with van der Waals surface area (Å²) in [6.07, 6.45) is 0. The fourth-order valence-electron chi connectivity index (χ4n) is 1.97. The second-order valence-electron chi connectivity index (χ2n) is 4.72. The molecule has 110 valence electrons. The molecule has 0 heterocycles. The molecule has 0 saturated carbocycles. The lowest BCUT2D eigenvalue weighted by Crippen LogP contribution is -2.45. The Balaban J connectivity index is 2.53. The first-order valence-corrected chi connectivity index (χ1v) is 7.30. The van der Waals surface area contributed by atoms with Gasteiger partial charge in [-0.1, -0.05) is 39.7 Å². The molecular formula is C15H13BrClFN2O. The number of hydrogen-bond donors (Lipinski definition) is 2. The number of carbonyl (C=O) groups is 1. The lowest BCUT2D eigenvalue weighted by Gasteiger charge is -2.30. The predicted molar refractivity (Wildman–Crippen MR) is 85.7 cm³/mol. The molecule has 0 aromatic heterocycles. The molecule has 3 N–H and O–H groups in total. The van der Waals surface area contributed by atoms with Crippen LogP contribution in [0, 0.1) is 5.82 Å². The van der Waals surface area contributed by atoms with Gasteiger partial charge in [-0.15, -0.1) is 0 Å². The van der Waals surface area contributed by atoms with Gasteiger partial charge in [-0.2, -0.15) is 0 Å². The van der Waals surface area contributed by atoms with E-state index in [1.807, 2.05) is 0 Å². The standard InChI is InChI=1S/C15H13BrClFN2O/c1-15(14(19)21,10-8-9(16)6-7-12(10)18)20-13-5-3-2-4-11(13)17/h2-8,20H,1H3,(H2,19,21). The number of amides is 1. The van der Waals surface area contributed by atoms with Crippen LogP contribution in [-0.2, 0) is 10.3 Å². The van der Waals surface area contributed by atoms with Crippen molar-refractivity contribution >= 4 is 39.1 Å². The van der Waals surface area contributed by atoms with E-state index in [1.165, 1.54) is 19.1 Å². The fraction of sp³-hybridized carbons (Fsp3) is 0.133. The van der Waals surface area contributed by atoms with E-state index in [-0.39, 0.29) is 5.56 Å². The molecule has 0 spiro atoms. The van der Waals surface area contributed by atoms with Crippen molar-refractivity contribution in [1.82, 2.24) is 0 Å². The van der Waals surface area contributed by atoms with Crippen LogP contribution in [0.15, 0.2) is 46.9 Å². The maximum Gasteiger partial charge on any atom is 0.247 e. The summed E-state index contributed by atoms with van der Waals surface area (Å²) in [6.45, 7) is 1.52. The molecule has 2 aromatic rings. The van der Waals surface area contributed by atoms with Gasteiger partial charge in [0.05, 0.1) is 10.7 Å². The smallest absolute Gasteiger partial charge is 0.247 e. The Morgan fingerprint density at radius 3 is 2.62 bits per heavy atom. The van der Waals surface area contributed by atoms with E-state index in [2.05, 4.69) is 21.2 Å². The minimum absolute atomic E-state index is 0.143. The first-order valence-electron chi connectivity index (χ1n) is 6.13. The van der Waals surface area contributed by atoms with E-state index >= 15 is 0 Å². The van der Waals surface area contributed by atoms with E-state index in [4.69, 9.17) is 17.3 Å². The number of nitrogens with one attached hydrogen (secondary N) is 1. The molecule has 1 atom stereocenters. The molecule has 6 heteroatoms. The Hall–Kier alpha value is -1.59. The minimum Gasteiger partial charge on any atom is -0.367 e. The van der Waals surface area contributed by atoms with Crippen molar-refractivity contribution in [3.8, 4) is 0 Å². The zero-order valence-corrected chi connectivity index (χ0v) is 13.5. The summed E-state index contributed by atoms with van der Waals surface area (Å²) < 4.78 is 14.8. The lowest BCUT2D eigenvalue weighted by atomic mass is 9.90. The number of benzene rings is 2. The number of primary amides is 1. The Morgan fingerprint density at radius 2 is 2.00 bits per heavy atom. The largest absolute Gasteiger partial charge is 0.367 e. The summed E-state index contributed by atoms with van der Waals surface area (Å²) in [5.41, 5.74) is 4.70. The van der Waals surface area contributed by atoms with Crippen molar-refractivity contribution in [1.29, 1.82) is 0 Å². The molecule has 0 aliphatic rings. The molecule has 2 aromatic carbocycles. The molecule has 0 aliphatic carbocycles. The SMILES string of the molecule is CC(Nc1ccccc1Cl)(C(N)=O)c1cc(Br)ccc1F. The summed E-state index contributed by atoms with van der Waals surface area (Å²) in [4.78, 5) is 11.9. The van der Waals surface area contributed by atoms with Gasteiger partial charge in [-0.25, -0.2) is 4.39 Å². The van der Waals surface area contributed by atoms with Gasteiger partial charge in [-0.05, 0) is 37.3 Å². The molecule has 0 saturated heterocycles. The van der Waals surface area contributed by atoms with E-state index < -0.39 is 17.3 Å². The average Bonchev–Trinajstić information content (AvgIpc) is 2.43. The zero-order valence-electron chi connectivity index (χ0n) is 11.2. The molecule has 0 radical (unpaired) electrons. The van der Waals surface area contributed by atoms with Gasteiger partial charge in [0.1, 0.15) is 11.4 Å². The van der Waals surface area contributed by atoms with Gasteiger partial charge >= 0.3 is 0 Å². The second kappa shape index (κ2) is 6.03. The maximum absolute atomic E-state index is 14.1. The lowest BCUT2D eigenvalue weighted by molar-refractivity contribution is -0.122. The molecule has 3 nitrogen and oxygen atoms in total. The van der Waals surface area contributed by atoms with E-state index in [1.54, 1.807) is 30.3 Å². The summed E-state index contributed by atoms with van der Waals surface area (Å²) in [5.74, 6) is -1.24. The van der Waals surface area contributed by atoms with Crippen molar-refractivity contribution in [2.75, 3.05) is 5.32 Å². The minimum atomic E-state index is -1.43. The highest BCUT2D eigenvalue weighted by Crippen LogP contribution is 2.32. The number of para-hydroxylation sites is 1. The highest BCUT2D eigenvalue weighted by Gasteiger charge is 2.36. The van der Waals surface area contributed by atoms with Crippen molar-refractivity contribution in [2.45, 2.75) is 12.5 Å². The number of rotatable bonds is 4. The van der Waals surface area contributed by atoms with Crippen LogP contribution < -0.4 is 11.1 Å². The number of carbonyl (C=O) groups excluding carboxylic acids is 1. The average molecular weight is 372 g/mol. The van der Waals surface area contributed by atoms with Crippen LogP contribution in [0.25, 0.3) is 0 Å². The van der Waals surface area contributed by atoms with E-state index in [9.17, 15) is 9.18 Å². The second-order valence-corrected chi connectivity index (χ2v) is 6.04. The molecular weight excluding hydrogens is 359 g/mol.